The monoisotopic (exact) mass is 367 g/mol. The van der Waals surface area contributed by atoms with Gasteiger partial charge in [-0.1, -0.05) is 36.4 Å². The summed E-state index contributed by atoms with van der Waals surface area (Å²) in [6.07, 6.45) is 0.657. The van der Waals surface area contributed by atoms with Crippen molar-refractivity contribution < 1.29 is 9.59 Å². The first-order valence-corrected chi connectivity index (χ1v) is 9.28. The SMILES string of the molecule is Cc1ccc2nc(CC(=O)CNC(=O)[C@H](N)Cc3ccccc3)sc2c1. The minimum Gasteiger partial charge on any atom is -0.348 e. The van der Waals surface area contributed by atoms with Crippen molar-refractivity contribution in [2.75, 3.05) is 6.54 Å². The molecule has 6 heteroatoms. The lowest BCUT2D eigenvalue weighted by molar-refractivity contribution is -0.125. The molecule has 1 heterocycles. The summed E-state index contributed by atoms with van der Waals surface area (Å²) in [5, 5.41) is 3.39. The van der Waals surface area contributed by atoms with Gasteiger partial charge in [-0.25, -0.2) is 4.98 Å². The van der Waals surface area contributed by atoms with Gasteiger partial charge in [0.05, 0.1) is 29.2 Å². The van der Waals surface area contributed by atoms with Gasteiger partial charge >= 0.3 is 0 Å². The molecule has 0 saturated carbocycles. The van der Waals surface area contributed by atoms with E-state index in [4.69, 9.17) is 5.73 Å². The summed E-state index contributed by atoms with van der Waals surface area (Å²) in [4.78, 5) is 28.7. The number of nitrogens with zero attached hydrogens (tertiary/aromatic N) is 1. The lowest BCUT2D eigenvalue weighted by atomic mass is 10.1. The van der Waals surface area contributed by atoms with Crippen LogP contribution in [0.15, 0.2) is 48.5 Å². The summed E-state index contributed by atoms with van der Waals surface area (Å²) >= 11 is 1.51. The number of thiazole rings is 1. The molecule has 3 aromatic rings. The number of hydrogen-bond acceptors (Lipinski definition) is 5. The van der Waals surface area contributed by atoms with Crippen LogP contribution in [0.5, 0.6) is 0 Å². The lowest BCUT2D eigenvalue weighted by Gasteiger charge is -2.11. The van der Waals surface area contributed by atoms with Crippen molar-refractivity contribution in [2.45, 2.75) is 25.8 Å². The van der Waals surface area contributed by atoms with Gasteiger partial charge in [0.2, 0.25) is 5.91 Å². The number of amides is 1. The fourth-order valence-electron chi connectivity index (χ4n) is 2.66. The zero-order chi connectivity index (χ0) is 18.5. The minimum absolute atomic E-state index is 0.0315. The van der Waals surface area contributed by atoms with Crippen LogP contribution in [0.4, 0.5) is 0 Å². The molecule has 1 aromatic heterocycles. The van der Waals surface area contributed by atoms with Crippen LogP contribution in [-0.2, 0) is 22.4 Å². The quantitative estimate of drug-likeness (QED) is 0.671. The molecule has 1 atom stereocenters. The van der Waals surface area contributed by atoms with E-state index >= 15 is 0 Å². The van der Waals surface area contributed by atoms with E-state index in [1.165, 1.54) is 16.9 Å². The van der Waals surface area contributed by atoms with E-state index < -0.39 is 6.04 Å². The van der Waals surface area contributed by atoms with Crippen LogP contribution < -0.4 is 11.1 Å². The average molecular weight is 367 g/mol. The maximum Gasteiger partial charge on any atom is 0.237 e. The molecule has 3 N–H and O–H groups in total. The third-order valence-electron chi connectivity index (χ3n) is 4.03. The van der Waals surface area contributed by atoms with Crippen molar-refractivity contribution in [3.05, 3.63) is 64.7 Å². The molecule has 0 aliphatic heterocycles. The molecule has 0 unspecified atom stereocenters. The van der Waals surface area contributed by atoms with Gasteiger partial charge in [0, 0.05) is 0 Å². The average Bonchev–Trinajstić information content (AvgIpc) is 3.01. The summed E-state index contributed by atoms with van der Waals surface area (Å²) in [6, 6.07) is 14.9. The Morgan fingerprint density at radius 3 is 2.73 bits per heavy atom. The zero-order valence-corrected chi connectivity index (χ0v) is 15.4. The number of nitrogens with two attached hydrogens (primary N) is 1. The number of nitrogens with one attached hydrogen (secondary N) is 1. The highest BCUT2D eigenvalue weighted by atomic mass is 32.1. The van der Waals surface area contributed by atoms with Crippen LogP contribution >= 0.6 is 11.3 Å². The Hall–Kier alpha value is -2.57. The Bertz CT molecular complexity index is 921. The second kappa shape index (κ2) is 8.21. The first-order chi connectivity index (χ1) is 12.5. The highest BCUT2D eigenvalue weighted by Crippen LogP contribution is 2.23. The number of ketones is 1. The molecule has 0 bridgehead atoms. The number of fused-ring (bicyclic) bond motifs is 1. The molecule has 5 nitrogen and oxygen atoms in total. The summed E-state index contributed by atoms with van der Waals surface area (Å²) in [7, 11) is 0. The first-order valence-electron chi connectivity index (χ1n) is 8.46. The highest BCUT2D eigenvalue weighted by molar-refractivity contribution is 7.18. The summed E-state index contributed by atoms with van der Waals surface area (Å²) in [5.74, 6) is -0.400. The van der Waals surface area contributed by atoms with Gasteiger partial charge in [-0.15, -0.1) is 11.3 Å². The normalized spacial score (nSPS) is 12.1. The Labute approximate surface area is 156 Å². The molecule has 0 fully saturated rings. The van der Waals surface area contributed by atoms with Crippen LogP contribution in [0.2, 0.25) is 0 Å². The molecule has 1 amide bonds. The number of carbonyl (C=O) groups excluding carboxylic acids is 2. The van der Waals surface area contributed by atoms with Crippen molar-refractivity contribution in [3.8, 4) is 0 Å². The van der Waals surface area contributed by atoms with Gasteiger partial charge < -0.3 is 11.1 Å². The van der Waals surface area contributed by atoms with Gasteiger partial charge in [-0.2, -0.15) is 0 Å². The molecular weight excluding hydrogens is 346 g/mol. The molecule has 3 rings (SSSR count). The van der Waals surface area contributed by atoms with Crippen molar-refractivity contribution >= 4 is 33.2 Å². The maximum absolute atomic E-state index is 12.2. The Kier molecular flexibility index (Phi) is 5.75. The molecule has 0 aliphatic rings. The van der Waals surface area contributed by atoms with E-state index in [0.717, 1.165) is 20.8 Å². The van der Waals surface area contributed by atoms with Gasteiger partial charge in [-0.05, 0) is 36.6 Å². The van der Waals surface area contributed by atoms with Gasteiger partial charge in [0.25, 0.3) is 0 Å². The van der Waals surface area contributed by atoms with Crippen LogP contribution in [0, 0.1) is 6.92 Å². The van der Waals surface area contributed by atoms with Crippen molar-refractivity contribution in [3.63, 3.8) is 0 Å². The van der Waals surface area contributed by atoms with Crippen LogP contribution in [-0.4, -0.2) is 29.3 Å². The van der Waals surface area contributed by atoms with Crippen molar-refractivity contribution in [1.82, 2.24) is 10.3 Å². The number of hydrogen-bond donors (Lipinski definition) is 2. The Morgan fingerprint density at radius 2 is 1.96 bits per heavy atom. The zero-order valence-electron chi connectivity index (χ0n) is 14.6. The number of carbonyl (C=O) groups is 2. The first kappa shape index (κ1) is 18.2. The lowest BCUT2D eigenvalue weighted by Crippen LogP contribution is -2.44. The van der Waals surface area contributed by atoms with Crippen LogP contribution in [0.1, 0.15) is 16.1 Å². The molecule has 0 spiro atoms. The number of rotatable bonds is 7. The number of aromatic nitrogens is 1. The molecule has 134 valence electrons. The molecule has 0 radical (unpaired) electrons. The summed E-state index contributed by atoms with van der Waals surface area (Å²) in [5.41, 5.74) is 8.98. The third-order valence-corrected chi connectivity index (χ3v) is 5.05. The Balaban J connectivity index is 1.50. The van der Waals surface area contributed by atoms with E-state index in [9.17, 15) is 9.59 Å². The van der Waals surface area contributed by atoms with E-state index in [1.807, 2.05) is 49.4 Å². The summed E-state index contributed by atoms with van der Waals surface area (Å²) in [6.45, 7) is 1.99. The van der Waals surface area contributed by atoms with Gasteiger partial charge in [0.1, 0.15) is 5.01 Å². The molecule has 26 heavy (non-hydrogen) atoms. The van der Waals surface area contributed by atoms with E-state index in [-0.39, 0.29) is 24.7 Å². The standard InChI is InChI=1S/C20H21N3O2S/c1-13-7-8-17-18(9-13)26-19(23-17)11-15(24)12-22-20(25)16(21)10-14-5-3-2-4-6-14/h2-9,16H,10-12,21H2,1H3,(H,22,25)/t16-/m1/s1. The predicted molar refractivity (Wildman–Crippen MR) is 104 cm³/mol. The highest BCUT2D eigenvalue weighted by Gasteiger charge is 2.16. The molecule has 0 saturated heterocycles. The molecular formula is C20H21N3O2S. The number of aryl methyl sites for hydroxylation is 1. The molecule has 2 aromatic carbocycles. The van der Waals surface area contributed by atoms with Gasteiger partial charge in [0.15, 0.2) is 5.78 Å². The topological polar surface area (TPSA) is 85.1 Å². The minimum atomic E-state index is -0.671. The van der Waals surface area contributed by atoms with E-state index in [1.54, 1.807) is 0 Å². The van der Waals surface area contributed by atoms with Crippen LogP contribution in [0.25, 0.3) is 10.2 Å². The fourth-order valence-corrected chi connectivity index (χ4v) is 3.76. The van der Waals surface area contributed by atoms with Crippen molar-refractivity contribution in [2.24, 2.45) is 5.73 Å². The van der Waals surface area contributed by atoms with Gasteiger partial charge in [-0.3, -0.25) is 9.59 Å². The smallest absolute Gasteiger partial charge is 0.237 e. The maximum atomic E-state index is 12.2. The van der Waals surface area contributed by atoms with E-state index in [2.05, 4.69) is 16.4 Å². The fraction of sp³-hybridized carbons (Fsp3) is 0.250. The number of Topliss-reactive ketones (excluding diaryl/α,β-unsaturated/α-hetero) is 1. The number of benzene rings is 2. The third kappa shape index (κ3) is 4.74. The van der Waals surface area contributed by atoms with Crippen molar-refractivity contribution in [1.29, 1.82) is 0 Å². The Morgan fingerprint density at radius 1 is 1.19 bits per heavy atom. The molecule has 0 aliphatic carbocycles. The van der Waals surface area contributed by atoms with Crippen LogP contribution in [0.3, 0.4) is 0 Å². The second-order valence-corrected chi connectivity index (χ2v) is 7.42. The predicted octanol–water partition coefficient (Wildman–Crippen LogP) is 2.40. The second-order valence-electron chi connectivity index (χ2n) is 6.31. The van der Waals surface area contributed by atoms with E-state index in [0.29, 0.717) is 6.42 Å². The summed E-state index contributed by atoms with van der Waals surface area (Å²) < 4.78 is 1.07. The largest absolute Gasteiger partial charge is 0.348 e.